The molecular weight excluding hydrogens is 228 g/mol. The van der Waals surface area contributed by atoms with Gasteiger partial charge in [-0.05, 0) is 31.5 Å². The summed E-state index contributed by atoms with van der Waals surface area (Å²) < 4.78 is 10.8. The standard InChI is InChI=1S/C14H16N2O2/c1-4-12-13(7-5-10(2)16-12)18-11-6-8-14(17-3)15-9-11/h5-9H,4H2,1-3H3. The molecule has 0 aliphatic heterocycles. The van der Waals surface area contributed by atoms with E-state index < -0.39 is 0 Å². The van der Waals surface area contributed by atoms with Crippen LogP contribution in [-0.4, -0.2) is 17.1 Å². The Morgan fingerprint density at radius 2 is 2.00 bits per heavy atom. The zero-order chi connectivity index (χ0) is 13.0. The number of methoxy groups -OCH3 is 1. The number of rotatable bonds is 4. The summed E-state index contributed by atoms with van der Waals surface area (Å²) in [6.07, 6.45) is 2.47. The van der Waals surface area contributed by atoms with E-state index in [9.17, 15) is 0 Å². The first-order valence-electron chi connectivity index (χ1n) is 5.87. The number of hydrogen-bond acceptors (Lipinski definition) is 4. The first kappa shape index (κ1) is 12.4. The number of nitrogens with zero attached hydrogens (tertiary/aromatic N) is 2. The minimum atomic E-state index is 0.570. The Bertz CT molecular complexity index is 524. The van der Waals surface area contributed by atoms with Gasteiger partial charge in [-0.25, -0.2) is 4.98 Å². The molecule has 18 heavy (non-hydrogen) atoms. The van der Waals surface area contributed by atoms with Crippen LogP contribution in [0.2, 0.25) is 0 Å². The van der Waals surface area contributed by atoms with Crippen LogP contribution in [0.1, 0.15) is 18.3 Å². The van der Waals surface area contributed by atoms with Crippen LogP contribution in [0.15, 0.2) is 30.5 Å². The number of aryl methyl sites for hydroxylation is 2. The van der Waals surface area contributed by atoms with Crippen molar-refractivity contribution in [3.63, 3.8) is 0 Å². The topological polar surface area (TPSA) is 44.2 Å². The van der Waals surface area contributed by atoms with Crippen molar-refractivity contribution in [3.05, 3.63) is 41.9 Å². The maximum Gasteiger partial charge on any atom is 0.213 e. The molecule has 0 unspecified atom stereocenters. The maximum atomic E-state index is 5.77. The average molecular weight is 244 g/mol. The third kappa shape index (κ3) is 2.77. The Labute approximate surface area is 107 Å². The second-order valence-corrected chi connectivity index (χ2v) is 3.89. The maximum absolute atomic E-state index is 5.77. The van der Waals surface area contributed by atoms with Crippen LogP contribution in [0.4, 0.5) is 0 Å². The quantitative estimate of drug-likeness (QED) is 0.828. The highest BCUT2D eigenvalue weighted by Gasteiger charge is 2.05. The molecule has 0 aliphatic rings. The molecular formula is C14H16N2O2. The summed E-state index contributed by atoms with van der Waals surface area (Å²) in [5, 5.41) is 0. The SMILES string of the molecule is CCc1nc(C)ccc1Oc1ccc(OC)nc1. The first-order valence-corrected chi connectivity index (χ1v) is 5.87. The van der Waals surface area contributed by atoms with Crippen molar-refractivity contribution < 1.29 is 9.47 Å². The van der Waals surface area contributed by atoms with Crippen LogP contribution in [0, 0.1) is 6.92 Å². The van der Waals surface area contributed by atoms with Crippen molar-refractivity contribution in [1.29, 1.82) is 0 Å². The normalized spacial score (nSPS) is 10.2. The molecule has 2 aromatic heterocycles. The van der Waals surface area contributed by atoms with Crippen molar-refractivity contribution in [1.82, 2.24) is 9.97 Å². The van der Waals surface area contributed by atoms with E-state index in [0.29, 0.717) is 11.6 Å². The summed E-state index contributed by atoms with van der Waals surface area (Å²) in [5.41, 5.74) is 1.94. The molecule has 0 spiro atoms. The minimum Gasteiger partial charge on any atom is -0.481 e. The highest BCUT2D eigenvalue weighted by atomic mass is 16.5. The third-order valence-corrected chi connectivity index (χ3v) is 2.55. The van der Waals surface area contributed by atoms with Gasteiger partial charge in [0.05, 0.1) is 19.0 Å². The Kier molecular flexibility index (Phi) is 3.77. The minimum absolute atomic E-state index is 0.570. The molecule has 0 bridgehead atoms. The van der Waals surface area contributed by atoms with Gasteiger partial charge in [-0.3, -0.25) is 4.98 Å². The molecule has 0 aliphatic carbocycles. The summed E-state index contributed by atoms with van der Waals surface area (Å²) in [6.45, 7) is 4.03. The summed E-state index contributed by atoms with van der Waals surface area (Å²) in [4.78, 5) is 8.55. The second-order valence-electron chi connectivity index (χ2n) is 3.89. The van der Waals surface area contributed by atoms with E-state index in [1.807, 2.05) is 25.1 Å². The molecule has 0 saturated carbocycles. The van der Waals surface area contributed by atoms with Gasteiger partial charge in [0.2, 0.25) is 5.88 Å². The van der Waals surface area contributed by atoms with Crippen LogP contribution in [0.5, 0.6) is 17.4 Å². The van der Waals surface area contributed by atoms with E-state index in [-0.39, 0.29) is 0 Å². The molecule has 0 atom stereocenters. The van der Waals surface area contributed by atoms with Crippen molar-refractivity contribution in [2.45, 2.75) is 20.3 Å². The molecule has 0 saturated heterocycles. The fourth-order valence-corrected chi connectivity index (χ4v) is 1.62. The lowest BCUT2D eigenvalue weighted by Gasteiger charge is -2.10. The Hall–Kier alpha value is -2.10. The molecule has 2 aromatic rings. The molecule has 0 N–H and O–H groups in total. The molecule has 0 fully saturated rings. The third-order valence-electron chi connectivity index (χ3n) is 2.55. The van der Waals surface area contributed by atoms with Crippen molar-refractivity contribution >= 4 is 0 Å². The summed E-state index contributed by atoms with van der Waals surface area (Å²) in [7, 11) is 1.59. The van der Waals surface area contributed by atoms with Crippen LogP contribution in [0.25, 0.3) is 0 Å². The Balaban J connectivity index is 2.22. The highest BCUT2D eigenvalue weighted by molar-refractivity contribution is 5.34. The molecule has 2 heterocycles. The fourth-order valence-electron chi connectivity index (χ4n) is 1.62. The predicted molar refractivity (Wildman–Crippen MR) is 69.2 cm³/mol. The summed E-state index contributed by atoms with van der Waals surface area (Å²) >= 11 is 0. The van der Waals surface area contributed by atoms with Gasteiger partial charge in [-0.1, -0.05) is 6.92 Å². The van der Waals surface area contributed by atoms with Crippen molar-refractivity contribution in [3.8, 4) is 17.4 Å². The van der Waals surface area contributed by atoms with Crippen LogP contribution < -0.4 is 9.47 Å². The number of aromatic nitrogens is 2. The smallest absolute Gasteiger partial charge is 0.213 e. The zero-order valence-corrected chi connectivity index (χ0v) is 10.8. The van der Waals surface area contributed by atoms with Gasteiger partial charge >= 0.3 is 0 Å². The van der Waals surface area contributed by atoms with Gasteiger partial charge in [0.15, 0.2) is 0 Å². The van der Waals surface area contributed by atoms with Crippen LogP contribution >= 0.6 is 0 Å². The van der Waals surface area contributed by atoms with Crippen LogP contribution in [-0.2, 0) is 6.42 Å². The molecule has 2 rings (SSSR count). The van der Waals surface area contributed by atoms with E-state index in [2.05, 4.69) is 16.9 Å². The van der Waals surface area contributed by atoms with Gasteiger partial charge in [0.25, 0.3) is 0 Å². The fraction of sp³-hybridized carbons (Fsp3) is 0.286. The van der Waals surface area contributed by atoms with Gasteiger partial charge in [0, 0.05) is 11.8 Å². The Morgan fingerprint density at radius 1 is 1.17 bits per heavy atom. The van der Waals surface area contributed by atoms with Gasteiger partial charge in [-0.2, -0.15) is 0 Å². The zero-order valence-electron chi connectivity index (χ0n) is 10.8. The monoisotopic (exact) mass is 244 g/mol. The van der Waals surface area contributed by atoms with Crippen molar-refractivity contribution in [2.24, 2.45) is 0 Å². The molecule has 0 amide bonds. The van der Waals surface area contributed by atoms with E-state index in [1.165, 1.54) is 0 Å². The molecule has 0 aromatic carbocycles. The number of pyridine rings is 2. The van der Waals surface area contributed by atoms with Crippen molar-refractivity contribution in [2.75, 3.05) is 7.11 Å². The number of ether oxygens (including phenoxy) is 2. The lowest BCUT2D eigenvalue weighted by Crippen LogP contribution is -1.96. The van der Waals surface area contributed by atoms with Gasteiger partial charge in [-0.15, -0.1) is 0 Å². The van der Waals surface area contributed by atoms with E-state index in [0.717, 1.165) is 23.6 Å². The van der Waals surface area contributed by atoms with E-state index >= 15 is 0 Å². The van der Waals surface area contributed by atoms with E-state index in [4.69, 9.17) is 9.47 Å². The lowest BCUT2D eigenvalue weighted by atomic mass is 10.2. The summed E-state index contributed by atoms with van der Waals surface area (Å²) in [6, 6.07) is 7.46. The van der Waals surface area contributed by atoms with Gasteiger partial charge < -0.3 is 9.47 Å². The highest BCUT2D eigenvalue weighted by Crippen LogP contribution is 2.25. The summed E-state index contributed by atoms with van der Waals surface area (Å²) in [5.74, 6) is 2.02. The van der Waals surface area contributed by atoms with E-state index in [1.54, 1.807) is 19.4 Å². The molecule has 94 valence electrons. The molecule has 4 nitrogen and oxygen atoms in total. The molecule has 4 heteroatoms. The van der Waals surface area contributed by atoms with Gasteiger partial charge in [0.1, 0.15) is 11.5 Å². The van der Waals surface area contributed by atoms with Crippen LogP contribution in [0.3, 0.4) is 0 Å². The second kappa shape index (κ2) is 5.49. The predicted octanol–water partition coefficient (Wildman–Crippen LogP) is 3.15. The average Bonchev–Trinajstić information content (AvgIpc) is 2.41. The molecule has 0 radical (unpaired) electrons. The lowest BCUT2D eigenvalue weighted by molar-refractivity contribution is 0.394. The Morgan fingerprint density at radius 3 is 2.61 bits per heavy atom. The number of hydrogen-bond donors (Lipinski definition) is 0. The largest absolute Gasteiger partial charge is 0.481 e. The first-order chi connectivity index (χ1) is 8.72.